The minimum absolute atomic E-state index is 0.325. The molecule has 3 aliphatic carbocycles. The Hall–Kier alpha value is -0.300. The molecule has 0 saturated heterocycles. The third kappa shape index (κ3) is 0.914. The summed E-state index contributed by atoms with van der Waals surface area (Å²) in [4.78, 5) is 0. The van der Waals surface area contributed by atoms with Gasteiger partial charge >= 0.3 is 0 Å². The minimum atomic E-state index is 0.325. The molecule has 13 heavy (non-hydrogen) atoms. The zero-order chi connectivity index (χ0) is 8.89. The van der Waals surface area contributed by atoms with Gasteiger partial charge in [-0.15, -0.1) is 0 Å². The molecule has 3 aliphatic rings. The van der Waals surface area contributed by atoms with Crippen molar-refractivity contribution in [1.29, 1.82) is 0 Å². The molecule has 0 aliphatic heterocycles. The molecule has 0 aromatic heterocycles. The average molecular weight is 178 g/mol. The highest BCUT2D eigenvalue weighted by Crippen LogP contribution is 2.60. The predicted octanol–water partition coefficient (Wildman–Crippen LogP) is 2.51. The molecule has 0 aromatic rings. The van der Waals surface area contributed by atoms with E-state index in [4.69, 9.17) is 0 Å². The third-order valence-corrected chi connectivity index (χ3v) is 4.64. The summed E-state index contributed by atoms with van der Waals surface area (Å²) in [5.74, 6) is 1.62. The monoisotopic (exact) mass is 178 g/mol. The Kier molecular flexibility index (Phi) is 1.61. The predicted molar refractivity (Wildman–Crippen MR) is 52.3 cm³/mol. The van der Waals surface area contributed by atoms with Crippen molar-refractivity contribution >= 4 is 0 Å². The largest absolute Gasteiger partial charge is 0.396 e. The van der Waals surface area contributed by atoms with Crippen molar-refractivity contribution in [1.82, 2.24) is 0 Å². The van der Waals surface area contributed by atoms with Crippen LogP contribution in [0.5, 0.6) is 0 Å². The Bertz CT molecular complexity index is 256. The summed E-state index contributed by atoms with van der Waals surface area (Å²) in [6.45, 7) is 0.436. The van der Waals surface area contributed by atoms with Gasteiger partial charge in [0.25, 0.3) is 0 Å². The molecule has 1 nitrogen and oxygen atoms in total. The van der Waals surface area contributed by atoms with Gasteiger partial charge in [0.1, 0.15) is 0 Å². The van der Waals surface area contributed by atoms with Crippen molar-refractivity contribution in [2.45, 2.75) is 38.5 Å². The molecule has 2 saturated carbocycles. The quantitative estimate of drug-likeness (QED) is 0.612. The summed E-state index contributed by atoms with van der Waals surface area (Å²) < 4.78 is 0. The first-order valence-electron chi connectivity index (χ1n) is 5.66. The molecule has 0 spiro atoms. The van der Waals surface area contributed by atoms with E-state index >= 15 is 0 Å². The summed E-state index contributed by atoms with van der Waals surface area (Å²) >= 11 is 0. The lowest BCUT2D eigenvalue weighted by atomic mass is 9.71. The second-order valence-corrected chi connectivity index (χ2v) is 5.15. The van der Waals surface area contributed by atoms with E-state index in [1.807, 2.05) is 0 Å². The molecule has 1 heteroatoms. The molecule has 0 radical (unpaired) electrons. The van der Waals surface area contributed by atoms with Gasteiger partial charge in [-0.25, -0.2) is 0 Å². The Morgan fingerprint density at radius 1 is 1.46 bits per heavy atom. The van der Waals surface area contributed by atoms with Crippen LogP contribution >= 0.6 is 0 Å². The van der Waals surface area contributed by atoms with Crippen LogP contribution in [-0.2, 0) is 0 Å². The van der Waals surface area contributed by atoms with Gasteiger partial charge in [0, 0.05) is 12.0 Å². The number of fused-ring (bicyclic) bond motifs is 5. The van der Waals surface area contributed by atoms with Crippen LogP contribution in [-0.4, -0.2) is 11.7 Å². The van der Waals surface area contributed by atoms with E-state index in [-0.39, 0.29) is 0 Å². The van der Waals surface area contributed by atoms with E-state index in [1.165, 1.54) is 38.5 Å². The zero-order valence-electron chi connectivity index (χ0n) is 8.13. The molecule has 1 N–H and O–H groups in total. The highest BCUT2D eigenvalue weighted by atomic mass is 16.3. The fourth-order valence-corrected chi connectivity index (χ4v) is 4.09. The van der Waals surface area contributed by atoms with Gasteiger partial charge in [-0.2, -0.15) is 0 Å². The van der Waals surface area contributed by atoms with Crippen molar-refractivity contribution in [3.8, 4) is 0 Å². The maximum Gasteiger partial charge on any atom is 0.0493 e. The van der Waals surface area contributed by atoms with E-state index in [9.17, 15) is 5.11 Å². The summed E-state index contributed by atoms with van der Waals surface area (Å²) in [5, 5.41) is 9.59. The Morgan fingerprint density at radius 3 is 3.23 bits per heavy atom. The van der Waals surface area contributed by atoms with Gasteiger partial charge in [0.2, 0.25) is 0 Å². The molecule has 3 rings (SSSR count). The Balaban J connectivity index is 2.01. The van der Waals surface area contributed by atoms with Gasteiger partial charge in [-0.3, -0.25) is 0 Å². The fourth-order valence-electron chi connectivity index (χ4n) is 4.09. The SMILES string of the molecule is OCC12CCCC(C1)C1=CCCC12. The molecular formula is C12H18O. The van der Waals surface area contributed by atoms with E-state index < -0.39 is 0 Å². The molecule has 2 bridgehead atoms. The van der Waals surface area contributed by atoms with Crippen LogP contribution in [0.3, 0.4) is 0 Å². The lowest BCUT2D eigenvalue weighted by Gasteiger charge is -2.35. The first-order chi connectivity index (χ1) is 6.36. The average Bonchev–Trinajstić information content (AvgIpc) is 2.72. The van der Waals surface area contributed by atoms with Crippen molar-refractivity contribution in [2.24, 2.45) is 17.3 Å². The van der Waals surface area contributed by atoms with Crippen LogP contribution in [0.15, 0.2) is 11.6 Å². The van der Waals surface area contributed by atoms with Crippen LogP contribution < -0.4 is 0 Å². The normalized spacial score (nSPS) is 47.6. The molecule has 3 unspecified atom stereocenters. The van der Waals surface area contributed by atoms with E-state index in [0.717, 1.165) is 11.8 Å². The van der Waals surface area contributed by atoms with Gasteiger partial charge in [0.15, 0.2) is 0 Å². The molecular weight excluding hydrogens is 160 g/mol. The minimum Gasteiger partial charge on any atom is -0.396 e. The van der Waals surface area contributed by atoms with Crippen molar-refractivity contribution in [2.75, 3.05) is 6.61 Å². The molecule has 0 aromatic carbocycles. The van der Waals surface area contributed by atoms with Gasteiger partial charge in [-0.05, 0) is 43.9 Å². The van der Waals surface area contributed by atoms with Crippen LogP contribution in [0, 0.1) is 17.3 Å². The standard InChI is InChI=1S/C12H18O/c13-8-12-6-2-3-9(7-12)10-4-1-5-11(10)12/h4,9,11,13H,1-3,5-8H2. The molecule has 3 atom stereocenters. The van der Waals surface area contributed by atoms with E-state index in [0.29, 0.717) is 12.0 Å². The lowest BCUT2D eigenvalue weighted by Crippen LogP contribution is -2.31. The summed E-state index contributed by atoms with van der Waals surface area (Å²) in [6.07, 6.45) is 10.4. The second-order valence-electron chi connectivity index (χ2n) is 5.15. The highest BCUT2D eigenvalue weighted by molar-refractivity contribution is 5.27. The summed E-state index contributed by atoms with van der Waals surface area (Å²) in [6, 6.07) is 0. The van der Waals surface area contributed by atoms with Gasteiger partial charge < -0.3 is 5.11 Å². The Morgan fingerprint density at radius 2 is 2.38 bits per heavy atom. The number of allylic oxidation sites excluding steroid dienone is 2. The fraction of sp³-hybridized carbons (Fsp3) is 0.833. The van der Waals surface area contributed by atoms with Crippen LogP contribution in [0.1, 0.15) is 38.5 Å². The number of aliphatic hydroxyl groups is 1. The second kappa shape index (κ2) is 2.60. The number of rotatable bonds is 1. The third-order valence-electron chi connectivity index (χ3n) is 4.64. The maximum atomic E-state index is 9.59. The highest BCUT2D eigenvalue weighted by Gasteiger charge is 2.52. The van der Waals surface area contributed by atoms with Crippen molar-refractivity contribution in [3.63, 3.8) is 0 Å². The molecule has 72 valence electrons. The van der Waals surface area contributed by atoms with Crippen molar-refractivity contribution < 1.29 is 5.11 Å². The van der Waals surface area contributed by atoms with Gasteiger partial charge in [-0.1, -0.05) is 18.1 Å². The van der Waals surface area contributed by atoms with Gasteiger partial charge in [0.05, 0.1) is 0 Å². The molecule has 2 fully saturated rings. The first-order valence-corrected chi connectivity index (χ1v) is 5.66. The zero-order valence-corrected chi connectivity index (χ0v) is 8.13. The number of hydrogen-bond donors (Lipinski definition) is 1. The summed E-state index contributed by atoms with van der Waals surface area (Å²) in [7, 11) is 0. The molecule has 0 amide bonds. The first kappa shape index (κ1) is 8.05. The Labute approximate surface area is 79.8 Å². The summed E-state index contributed by atoms with van der Waals surface area (Å²) in [5.41, 5.74) is 2.05. The molecule has 0 heterocycles. The van der Waals surface area contributed by atoms with Crippen molar-refractivity contribution in [3.05, 3.63) is 11.6 Å². The van der Waals surface area contributed by atoms with Crippen LogP contribution in [0.4, 0.5) is 0 Å². The van der Waals surface area contributed by atoms with E-state index in [1.54, 1.807) is 5.57 Å². The smallest absolute Gasteiger partial charge is 0.0493 e. The number of aliphatic hydroxyl groups excluding tert-OH is 1. The maximum absolute atomic E-state index is 9.59. The number of hydrogen-bond acceptors (Lipinski definition) is 1. The topological polar surface area (TPSA) is 20.2 Å². The van der Waals surface area contributed by atoms with Crippen LogP contribution in [0.25, 0.3) is 0 Å². The lowest BCUT2D eigenvalue weighted by molar-refractivity contribution is 0.0612. The van der Waals surface area contributed by atoms with Crippen LogP contribution in [0.2, 0.25) is 0 Å². The van der Waals surface area contributed by atoms with E-state index in [2.05, 4.69) is 6.08 Å².